The molecule has 82 valence electrons. The smallest absolute Gasteiger partial charge is 0.0136 e. The molecule has 2 atom stereocenters. The monoisotopic (exact) mass is 196 g/mol. The molecule has 2 nitrogen and oxygen atoms in total. The fourth-order valence-corrected chi connectivity index (χ4v) is 3.15. The van der Waals surface area contributed by atoms with Gasteiger partial charge in [-0.25, -0.2) is 0 Å². The Morgan fingerprint density at radius 1 is 1.14 bits per heavy atom. The third-order valence-corrected chi connectivity index (χ3v) is 3.89. The summed E-state index contributed by atoms with van der Waals surface area (Å²) in [5.74, 6) is 0.934. The SMILES string of the molecule is CCNC[C@H]1CCCN2CCCC[C@@H]12. The number of piperidine rings is 2. The Hall–Kier alpha value is -0.0800. The fourth-order valence-electron chi connectivity index (χ4n) is 3.15. The van der Waals surface area contributed by atoms with Crippen LogP contribution in [0.25, 0.3) is 0 Å². The molecule has 0 radical (unpaired) electrons. The topological polar surface area (TPSA) is 15.3 Å². The molecule has 2 saturated heterocycles. The Bertz CT molecular complexity index is 168. The van der Waals surface area contributed by atoms with Gasteiger partial charge in [0.25, 0.3) is 0 Å². The molecule has 0 aromatic rings. The van der Waals surface area contributed by atoms with Gasteiger partial charge in [0.2, 0.25) is 0 Å². The van der Waals surface area contributed by atoms with Gasteiger partial charge < -0.3 is 10.2 Å². The first-order valence-electron chi connectivity index (χ1n) is 6.36. The zero-order chi connectivity index (χ0) is 9.80. The number of nitrogens with zero attached hydrogens (tertiary/aromatic N) is 1. The first-order chi connectivity index (χ1) is 6.92. The molecule has 2 rings (SSSR count). The van der Waals surface area contributed by atoms with Gasteiger partial charge in [-0.1, -0.05) is 13.3 Å². The molecule has 1 N–H and O–H groups in total. The van der Waals surface area contributed by atoms with Crippen molar-refractivity contribution < 1.29 is 0 Å². The summed E-state index contributed by atoms with van der Waals surface area (Å²) in [5, 5.41) is 3.52. The molecule has 2 aliphatic rings. The van der Waals surface area contributed by atoms with Gasteiger partial charge in [-0.2, -0.15) is 0 Å². The van der Waals surface area contributed by atoms with Crippen molar-refractivity contribution in [3.8, 4) is 0 Å². The average Bonchev–Trinajstić information content (AvgIpc) is 2.26. The highest BCUT2D eigenvalue weighted by Gasteiger charge is 2.32. The zero-order valence-corrected chi connectivity index (χ0v) is 9.47. The quantitative estimate of drug-likeness (QED) is 0.741. The molecule has 0 unspecified atom stereocenters. The number of nitrogens with one attached hydrogen (secondary N) is 1. The molecule has 0 bridgehead atoms. The van der Waals surface area contributed by atoms with Crippen molar-refractivity contribution in [3.05, 3.63) is 0 Å². The normalized spacial score (nSPS) is 34.1. The lowest BCUT2D eigenvalue weighted by Gasteiger charge is -2.44. The van der Waals surface area contributed by atoms with Crippen LogP contribution in [0.3, 0.4) is 0 Å². The molecular weight excluding hydrogens is 172 g/mol. The molecule has 2 heterocycles. The number of rotatable bonds is 3. The summed E-state index contributed by atoms with van der Waals surface area (Å²) in [5.41, 5.74) is 0. The molecule has 0 aliphatic carbocycles. The maximum atomic E-state index is 3.52. The summed E-state index contributed by atoms with van der Waals surface area (Å²) in [6.07, 6.45) is 7.23. The Morgan fingerprint density at radius 2 is 2.00 bits per heavy atom. The largest absolute Gasteiger partial charge is 0.317 e. The van der Waals surface area contributed by atoms with Crippen LogP contribution in [0, 0.1) is 5.92 Å². The van der Waals surface area contributed by atoms with Crippen molar-refractivity contribution in [2.24, 2.45) is 5.92 Å². The van der Waals surface area contributed by atoms with E-state index in [1.54, 1.807) is 0 Å². The van der Waals surface area contributed by atoms with E-state index in [2.05, 4.69) is 17.1 Å². The van der Waals surface area contributed by atoms with Gasteiger partial charge in [0, 0.05) is 6.04 Å². The number of hydrogen-bond acceptors (Lipinski definition) is 2. The van der Waals surface area contributed by atoms with Gasteiger partial charge in [-0.05, 0) is 57.8 Å². The van der Waals surface area contributed by atoms with Crippen LogP contribution in [0.5, 0.6) is 0 Å². The van der Waals surface area contributed by atoms with Crippen LogP contribution >= 0.6 is 0 Å². The van der Waals surface area contributed by atoms with E-state index >= 15 is 0 Å². The highest BCUT2D eigenvalue weighted by atomic mass is 15.2. The molecule has 0 aromatic heterocycles. The Labute approximate surface area is 88.1 Å². The van der Waals surface area contributed by atoms with Crippen molar-refractivity contribution >= 4 is 0 Å². The second kappa shape index (κ2) is 5.13. The lowest BCUT2D eigenvalue weighted by molar-refractivity contribution is 0.0597. The van der Waals surface area contributed by atoms with Crippen LogP contribution in [-0.4, -0.2) is 37.1 Å². The van der Waals surface area contributed by atoms with Gasteiger partial charge in [0.05, 0.1) is 0 Å². The van der Waals surface area contributed by atoms with Crippen molar-refractivity contribution in [2.45, 2.75) is 45.1 Å². The van der Waals surface area contributed by atoms with Crippen LogP contribution in [0.1, 0.15) is 39.0 Å². The Kier molecular flexibility index (Phi) is 3.82. The van der Waals surface area contributed by atoms with E-state index in [1.165, 1.54) is 51.7 Å². The Balaban J connectivity index is 1.88. The van der Waals surface area contributed by atoms with Gasteiger partial charge in [-0.15, -0.1) is 0 Å². The molecule has 0 amide bonds. The first-order valence-corrected chi connectivity index (χ1v) is 6.36. The van der Waals surface area contributed by atoms with Crippen LogP contribution < -0.4 is 5.32 Å². The van der Waals surface area contributed by atoms with Crippen LogP contribution in [-0.2, 0) is 0 Å². The molecular formula is C12H24N2. The fraction of sp³-hybridized carbons (Fsp3) is 1.00. The Morgan fingerprint density at radius 3 is 2.86 bits per heavy atom. The zero-order valence-electron chi connectivity index (χ0n) is 9.47. The van der Waals surface area contributed by atoms with Crippen molar-refractivity contribution in [2.75, 3.05) is 26.2 Å². The minimum absolute atomic E-state index is 0.913. The highest BCUT2D eigenvalue weighted by Crippen LogP contribution is 2.30. The van der Waals surface area contributed by atoms with Crippen molar-refractivity contribution in [1.29, 1.82) is 0 Å². The van der Waals surface area contributed by atoms with Crippen molar-refractivity contribution in [3.63, 3.8) is 0 Å². The lowest BCUT2D eigenvalue weighted by atomic mass is 9.83. The maximum Gasteiger partial charge on any atom is 0.0136 e. The molecule has 14 heavy (non-hydrogen) atoms. The second-order valence-corrected chi connectivity index (χ2v) is 4.81. The average molecular weight is 196 g/mol. The second-order valence-electron chi connectivity index (χ2n) is 4.81. The summed E-state index contributed by atoms with van der Waals surface area (Å²) in [7, 11) is 0. The third kappa shape index (κ3) is 2.29. The van der Waals surface area contributed by atoms with Gasteiger partial charge in [0.15, 0.2) is 0 Å². The predicted molar refractivity (Wildman–Crippen MR) is 60.5 cm³/mol. The summed E-state index contributed by atoms with van der Waals surface area (Å²) < 4.78 is 0. The van der Waals surface area contributed by atoms with E-state index in [-0.39, 0.29) is 0 Å². The van der Waals surface area contributed by atoms with Crippen molar-refractivity contribution in [1.82, 2.24) is 10.2 Å². The molecule has 2 aliphatic heterocycles. The predicted octanol–water partition coefficient (Wildman–Crippen LogP) is 1.86. The van der Waals surface area contributed by atoms with Gasteiger partial charge in [0.1, 0.15) is 0 Å². The minimum atomic E-state index is 0.913. The van der Waals surface area contributed by atoms with E-state index in [1.807, 2.05) is 0 Å². The number of fused-ring (bicyclic) bond motifs is 1. The summed E-state index contributed by atoms with van der Waals surface area (Å²) in [6.45, 7) is 7.32. The highest BCUT2D eigenvalue weighted by molar-refractivity contribution is 4.87. The van der Waals surface area contributed by atoms with E-state index in [0.29, 0.717) is 0 Å². The summed E-state index contributed by atoms with van der Waals surface area (Å²) in [6, 6.07) is 0.913. The van der Waals surface area contributed by atoms with Gasteiger partial charge in [-0.3, -0.25) is 0 Å². The molecule has 2 fully saturated rings. The van der Waals surface area contributed by atoms with Gasteiger partial charge >= 0.3 is 0 Å². The van der Waals surface area contributed by atoms with Crippen LogP contribution in [0.15, 0.2) is 0 Å². The molecule has 0 spiro atoms. The standard InChI is InChI=1S/C12H24N2/c1-2-13-10-11-6-5-9-14-8-4-3-7-12(11)14/h11-13H,2-10H2,1H3/t11-,12+/m1/s1. The van der Waals surface area contributed by atoms with E-state index in [4.69, 9.17) is 0 Å². The lowest BCUT2D eigenvalue weighted by Crippen LogP contribution is -2.50. The van der Waals surface area contributed by atoms with E-state index < -0.39 is 0 Å². The molecule has 2 heteroatoms. The van der Waals surface area contributed by atoms with Crippen LogP contribution in [0.4, 0.5) is 0 Å². The number of hydrogen-bond donors (Lipinski definition) is 1. The molecule has 0 saturated carbocycles. The first kappa shape index (κ1) is 10.4. The maximum absolute atomic E-state index is 3.52. The molecule has 0 aromatic carbocycles. The van der Waals surface area contributed by atoms with E-state index in [0.717, 1.165) is 18.5 Å². The van der Waals surface area contributed by atoms with E-state index in [9.17, 15) is 0 Å². The summed E-state index contributed by atoms with van der Waals surface area (Å²) in [4.78, 5) is 2.75. The minimum Gasteiger partial charge on any atom is -0.317 e. The summed E-state index contributed by atoms with van der Waals surface area (Å²) >= 11 is 0. The van der Waals surface area contributed by atoms with Crippen LogP contribution in [0.2, 0.25) is 0 Å². The third-order valence-electron chi connectivity index (χ3n) is 3.89.